The van der Waals surface area contributed by atoms with Gasteiger partial charge in [-0.1, -0.05) is 19.8 Å². The van der Waals surface area contributed by atoms with E-state index in [1.165, 1.54) is 19.3 Å². The number of aromatic nitrogens is 4. The third kappa shape index (κ3) is 3.98. The number of aryl methyl sites for hydroxylation is 1. The van der Waals surface area contributed by atoms with Gasteiger partial charge in [-0.15, -0.1) is 5.10 Å². The van der Waals surface area contributed by atoms with Gasteiger partial charge in [0, 0.05) is 19.2 Å². The summed E-state index contributed by atoms with van der Waals surface area (Å²) in [5, 5.41) is 21.2. The maximum atomic E-state index is 9.16. The first-order chi connectivity index (χ1) is 9.35. The lowest BCUT2D eigenvalue weighted by Crippen LogP contribution is -2.40. The highest BCUT2D eigenvalue weighted by Gasteiger charge is 2.23. The summed E-state index contributed by atoms with van der Waals surface area (Å²) >= 11 is 0. The summed E-state index contributed by atoms with van der Waals surface area (Å²) in [5.41, 5.74) is 0. The predicted molar refractivity (Wildman–Crippen MR) is 72.5 cm³/mol. The van der Waals surface area contributed by atoms with Crippen LogP contribution in [0.25, 0.3) is 0 Å². The van der Waals surface area contributed by atoms with Gasteiger partial charge in [-0.25, -0.2) is 4.68 Å². The Morgan fingerprint density at radius 3 is 3.05 bits per heavy atom. The molecule has 1 unspecified atom stereocenters. The Balaban J connectivity index is 1.96. The molecule has 6 heteroatoms. The second kappa shape index (κ2) is 7.55. The van der Waals surface area contributed by atoms with E-state index in [0.717, 1.165) is 44.7 Å². The number of hydrogen-bond donors (Lipinski definition) is 1. The van der Waals surface area contributed by atoms with Gasteiger partial charge in [-0.2, -0.15) is 0 Å². The summed E-state index contributed by atoms with van der Waals surface area (Å²) in [5.74, 6) is 0.957. The molecule has 0 aliphatic carbocycles. The van der Waals surface area contributed by atoms with Gasteiger partial charge in [-0.3, -0.25) is 4.90 Å². The maximum Gasteiger partial charge on any atom is 0.165 e. The van der Waals surface area contributed by atoms with Crippen molar-refractivity contribution in [2.24, 2.45) is 0 Å². The molecule has 108 valence electrons. The molecule has 2 rings (SSSR count). The molecule has 0 saturated carbocycles. The fourth-order valence-corrected chi connectivity index (χ4v) is 2.74. The lowest BCUT2D eigenvalue weighted by Gasteiger charge is -2.34. The van der Waals surface area contributed by atoms with Crippen LogP contribution in [0.5, 0.6) is 0 Å². The predicted octanol–water partition coefficient (Wildman–Crippen LogP) is 1.21. The van der Waals surface area contributed by atoms with Crippen LogP contribution in [0.4, 0.5) is 0 Å². The molecule has 0 radical (unpaired) electrons. The number of unbranched alkanes of at least 4 members (excludes halogenated alkanes) is 1. The standard InChI is InChI=1S/C13H25N5O/c1-2-3-9-18-13(14-15-16-18)11-17-8-5-4-6-12(17)7-10-19/h12,19H,2-11H2,1H3. The summed E-state index contributed by atoms with van der Waals surface area (Å²) in [6, 6.07) is 0.482. The van der Waals surface area contributed by atoms with Crippen molar-refractivity contribution in [2.45, 2.75) is 64.6 Å². The molecule has 1 N–H and O–H groups in total. The lowest BCUT2D eigenvalue weighted by molar-refractivity contribution is 0.108. The van der Waals surface area contributed by atoms with E-state index in [4.69, 9.17) is 5.11 Å². The smallest absolute Gasteiger partial charge is 0.165 e. The van der Waals surface area contributed by atoms with Gasteiger partial charge in [0.05, 0.1) is 6.54 Å². The number of rotatable bonds is 7. The first-order valence-electron chi connectivity index (χ1n) is 7.45. The quantitative estimate of drug-likeness (QED) is 0.804. The molecule has 1 aliphatic heterocycles. The molecule has 19 heavy (non-hydrogen) atoms. The van der Waals surface area contributed by atoms with Gasteiger partial charge in [-0.05, 0) is 42.7 Å². The van der Waals surface area contributed by atoms with Crippen LogP contribution in [0.15, 0.2) is 0 Å². The minimum absolute atomic E-state index is 0.266. The zero-order valence-corrected chi connectivity index (χ0v) is 11.8. The van der Waals surface area contributed by atoms with E-state index in [9.17, 15) is 0 Å². The van der Waals surface area contributed by atoms with Gasteiger partial charge < -0.3 is 5.11 Å². The van der Waals surface area contributed by atoms with E-state index in [-0.39, 0.29) is 6.61 Å². The fraction of sp³-hybridized carbons (Fsp3) is 0.923. The van der Waals surface area contributed by atoms with E-state index in [1.54, 1.807) is 0 Å². The van der Waals surface area contributed by atoms with E-state index in [0.29, 0.717) is 6.04 Å². The zero-order chi connectivity index (χ0) is 13.5. The van der Waals surface area contributed by atoms with Crippen LogP contribution >= 0.6 is 0 Å². The number of aliphatic hydroxyl groups is 1. The molecule has 1 aliphatic rings. The minimum Gasteiger partial charge on any atom is -0.396 e. The van der Waals surface area contributed by atoms with Crippen LogP contribution in [-0.4, -0.2) is 49.4 Å². The maximum absolute atomic E-state index is 9.16. The third-order valence-corrected chi connectivity index (χ3v) is 3.89. The molecular formula is C13H25N5O. The molecule has 0 aromatic carbocycles. The average molecular weight is 267 g/mol. The monoisotopic (exact) mass is 267 g/mol. The highest BCUT2D eigenvalue weighted by molar-refractivity contribution is 4.86. The number of tetrazole rings is 1. The normalized spacial score (nSPS) is 20.8. The molecule has 1 aromatic heterocycles. The Hall–Kier alpha value is -1.01. The van der Waals surface area contributed by atoms with Crippen molar-refractivity contribution < 1.29 is 5.11 Å². The Labute approximate surface area is 114 Å². The highest BCUT2D eigenvalue weighted by atomic mass is 16.3. The number of aliphatic hydroxyl groups excluding tert-OH is 1. The lowest BCUT2D eigenvalue weighted by atomic mass is 10.00. The summed E-state index contributed by atoms with van der Waals surface area (Å²) in [7, 11) is 0. The molecule has 0 bridgehead atoms. The van der Waals surface area contributed by atoms with E-state index >= 15 is 0 Å². The summed E-state index contributed by atoms with van der Waals surface area (Å²) < 4.78 is 1.92. The molecule has 2 heterocycles. The SMILES string of the molecule is CCCCn1nnnc1CN1CCCCC1CCO. The number of piperidine rings is 1. The first-order valence-corrected chi connectivity index (χ1v) is 7.45. The Kier molecular flexibility index (Phi) is 5.72. The van der Waals surface area contributed by atoms with Crippen LogP contribution in [0, 0.1) is 0 Å². The number of hydrogen-bond acceptors (Lipinski definition) is 5. The van der Waals surface area contributed by atoms with Gasteiger partial charge in [0.15, 0.2) is 5.82 Å². The topological polar surface area (TPSA) is 67.1 Å². The zero-order valence-electron chi connectivity index (χ0n) is 11.8. The van der Waals surface area contributed by atoms with E-state index in [1.807, 2.05) is 4.68 Å². The van der Waals surface area contributed by atoms with Crippen LogP contribution in [-0.2, 0) is 13.1 Å². The molecular weight excluding hydrogens is 242 g/mol. The van der Waals surface area contributed by atoms with Crippen molar-refractivity contribution in [3.05, 3.63) is 5.82 Å². The fourth-order valence-electron chi connectivity index (χ4n) is 2.74. The largest absolute Gasteiger partial charge is 0.396 e. The van der Waals surface area contributed by atoms with Crippen molar-refractivity contribution in [1.29, 1.82) is 0 Å². The van der Waals surface area contributed by atoms with Gasteiger partial charge in [0.1, 0.15) is 0 Å². The van der Waals surface area contributed by atoms with Gasteiger partial charge in [0.25, 0.3) is 0 Å². The molecule has 6 nitrogen and oxygen atoms in total. The van der Waals surface area contributed by atoms with Crippen LogP contribution < -0.4 is 0 Å². The molecule has 1 atom stereocenters. The van der Waals surface area contributed by atoms with Crippen LogP contribution in [0.1, 0.15) is 51.3 Å². The Bertz CT molecular complexity index is 366. The van der Waals surface area contributed by atoms with Gasteiger partial charge >= 0.3 is 0 Å². The molecule has 0 amide bonds. The second-order valence-corrected chi connectivity index (χ2v) is 5.30. The van der Waals surface area contributed by atoms with Crippen molar-refractivity contribution in [1.82, 2.24) is 25.1 Å². The Morgan fingerprint density at radius 2 is 2.26 bits per heavy atom. The van der Waals surface area contributed by atoms with Gasteiger partial charge in [0.2, 0.25) is 0 Å². The van der Waals surface area contributed by atoms with E-state index < -0.39 is 0 Å². The number of nitrogens with zero attached hydrogens (tertiary/aromatic N) is 5. The van der Waals surface area contributed by atoms with Crippen molar-refractivity contribution in [2.75, 3.05) is 13.2 Å². The molecule has 1 fully saturated rings. The molecule has 1 saturated heterocycles. The van der Waals surface area contributed by atoms with Crippen LogP contribution in [0.3, 0.4) is 0 Å². The van der Waals surface area contributed by atoms with E-state index in [2.05, 4.69) is 27.3 Å². The summed E-state index contributed by atoms with van der Waals surface area (Å²) in [6.07, 6.45) is 6.79. The minimum atomic E-state index is 0.266. The first kappa shape index (κ1) is 14.4. The third-order valence-electron chi connectivity index (χ3n) is 3.89. The molecule has 0 spiro atoms. The van der Waals surface area contributed by atoms with Crippen molar-refractivity contribution >= 4 is 0 Å². The average Bonchev–Trinajstić information content (AvgIpc) is 2.86. The van der Waals surface area contributed by atoms with Crippen LogP contribution in [0.2, 0.25) is 0 Å². The molecule has 1 aromatic rings. The Morgan fingerprint density at radius 1 is 1.37 bits per heavy atom. The number of likely N-dealkylation sites (tertiary alicyclic amines) is 1. The van der Waals surface area contributed by atoms with Crippen molar-refractivity contribution in [3.63, 3.8) is 0 Å². The second-order valence-electron chi connectivity index (χ2n) is 5.30. The highest BCUT2D eigenvalue weighted by Crippen LogP contribution is 2.21. The van der Waals surface area contributed by atoms with Crippen molar-refractivity contribution in [3.8, 4) is 0 Å². The summed E-state index contributed by atoms with van der Waals surface area (Å²) in [4.78, 5) is 2.42. The summed E-state index contributed by atoms with van der Waals surface area (Å²) in [6.45, 7) is 5.23.